The van der Waals surface area contributed by atoms with Gasteiger partial charge in [0.05, 0.1) is 16.0 Å². The molecular formula is C12H23NO3Si. The number of carbonyl (C=O) groups is 2. The molecule has 0 aromatic heterocycles. The van der Waals surface area contributed by atoms with E-state index in [0.29, 0.717) is 5.57 Å². The molecule has 0 aliphatic carbocycles. The summed E-state index contributed by atoms with van der Waals surface area (Å²) in [6.07, 6.45) is 2.19. The predicted octanol–water partition coefficient (Wildman–Crippen LogP) is 0.468. The van der Waals surface area contributed by atoms with Gasteiger partial charge in [0.15, 0.2) is 0 Å². The Morgan fingerprint density at radius 2 is 1.94 bits per heavy atom. The van der Waals surface area contributed by atoms with Crippen molar-refractivity contribution in [2.75, 3.05) is 14.1 Å². The Kier molecular flexibility index (Phi) is 10.4. The zero-order chi connectivity index (χ0) is 14.0. The van der Waals surface area contributed by atoms with Crippen molar-refractivity contribution in [1.82, 2.24) is 4.90 Å². The molecule has 0 aromatic rings. The molecule has 0 N–H and O–H groups in total. The highest BCUT2D eigenvalue weighted by Gasteiger charge is 2.06. The van der Waals surface area contributed by atoms with Crippen LogP contribution in [0.3, 0.4) is 0 Å². The van der Waals surface area contributed by atoms with Gasteiger partial charge in [-0.05, 0) is 19.4 Å². The second-order valence-corrected chi connectivity index (χ2v) is 5.13. The Morgan fingerprint density at radius 1 is 1.47 bits per heavy atom. The van der Waals surface area contributed by atoms with E-state index in [2.05, 4.69) is 13.2 Å². The zero-order valence-corrected chi connectivity index (χ0v) is 13.4. The number of nitrogens with zero attached hydrogens (tertiary/aromatic N) is 1. The summed E-state index contributed by atoms with van der Waals surface area (Å²) in [5.74, 6) is -0.318. The van der Waals surface area contributed by atoms with Crippen LogP contribution in [0.4, 0.5) is 0 Å². The summed E-state index contributed by atoms with van der Waals surface area (Å²) in [4.78, 5) is 22.6. The van der Waals surface area contributed by atoms with Crippen molar-refractivity contribution in [2.24, 2.45) is 0 Å². The van der Waals surface area contributed by atoms with Crippen LogP contribution in [0.15, 0.2) is 24.8 Å². The average molecular weight is 257 g/mol. The molecule has 0 aromatic carbocycles. The maximum absolute atomic E-state index is 10.8. The van der Waals surface area contributed by atoms with Crippen molar-refractivity contribution < 1.29 is 14.3 Å². The highest BCUT2D eigenvalue weighted by atomic mass is 28.1. The molecule has 1 atom stereocenters. The lowest BCUT2D eigenvalue weighted by atomic mass is 10.4. The van der Waals surface area contributed by atoms with Gasteiger partial charge in [0.25, 0.3) is 0 Å². The smallest absolute Gasteiger partial charge is 0.333 e. The second-order valence-electron chi connectivity index (χ2n) is 3.84. The highest BCUT2D eigenvalue weighted by Crippen LogP contribution is 1.97. The molecule has 17 heavy (non-hydrogen) atoms. The molecule has 0 radical (unpaired) electrons. The fraction of sp³-hybridized carbons (Fsp3) is 0.500. The van der Waals surface area contributed by atoms with E-state index >= 15 is 0 Å². The Hall–Kier alpha value is -1.36. The van der Waals surface area contributed by atoms with E-state index in [1.54, 1.807) is 21.0 Å². The number of likely N-dealkylation sites (N-methyl/N-ethyl adjacent to an activating group) is 1. The van der Waals surface area contributed by atoms with Crippen LogP contribution in [0.1, 0.15) is 20.3 Å². The minimum Gasteiger partial charge on any atom is -0.464 e. The first-order valence-electron chi connectivity index (χ1n) is 5.46. The Labute approximate surface area is 107 Å². The summed E-state index contributed by atoms with van der Waals surface area (Å²) in [5, 5.41) is 0. The molecule has 4 nitrogen and oxygen atoms in total. The SMILES string of the molecule is C=C(C)C(=O)OC([SiH3])CC.C=CC(=O)N(C)C. The quantitative estimate of drug-likeness (QED) is 0.418. The molecule has 0 spiro atoms. The lowest BCUT2D eigenvalue weighted by Crippen LogP contribution is -2.18. The van der Waals surface area contributed by atoms with E-state index in [1.807, 2.05) is 6.92 Å². The monoisotopic (exact) mass is 257 g/mol. The van der Waals surface area contributed by atoms with Gasteiger partial charge < -0.3 is 9.64 Å². The van der Waals surface area contributed by atoms with Crippen LogP contribution >= 0.6 is 0 Å². The molecule has 0 saturated heterocycles. The molecule has 0 rings (SSSR count). The maximum Gasteiger partial charge on any atom is 0.333 e. The van der Waals surface area contributed by atoms with Crippen molar-refractivity contribution in [2.45, 2.75) is 26.0 Å². The van der Waals surface area contributed by atoms with E-state index in [9.17, 15) is 9.59 Å². The van der Waals surface area contributed by atoms with Crippen molar-refractivity contribution in [3.63, 3.8) is 0 Å². The molecule has 0 heterocycles. The van der Waals surface area contributed by atoms with Crippen LogP contribution in [-0.4, -0.2) is 46.8 Å². The molecule has 0 aliphatic heterocycles. The molecule has 0 saturated carbocycles. The third-order valence-electron chi connectivity index (χ3n) is 1.85. The maximum atomic E-state index is 10.8. The Bertz CT molecular complexity index is 287. The lowest BCUT2D eigenvalue weighted by molar-refractivity contribution is -0.140. The first-order chi connectivity index (χ1) is 7.76. The number of esters is 1. The number of hydrogen-bond donors (Lipinski definition) is 0. The minimum absolute atomic E-state index is 0.0556. The Balaban J connectivity index is 0. The fourth-order valence-electron chi connectivity index (χ4n) is 0.549. The summed E-state index contributed by atoms with van der Waals surface area (Å²) in [5.41, 5.74) is 0.624. The van der Waals surface area contributed by atoms with E-state index in [1.165, 1.54) is 11.0 Å². The summed E-state index contributed by atoms with van der Waals surface area (Å²) >= 11 is 0. The Morgan fingerprint density at radius 3 is 2.12 bits per heavy atom. The number of ether oxygens (including phenoxy) is 1. The highest BCUT2D eigenvalue weighted by molar-refractivity contribution is 6.12. The van der Waals surface area contributed by atoms with E-state index in [-0.39, 0.29) is 17.6 Å². The van der Waals surface area contributed by atoms with E-state index in [4.69, 9.17) is 4.74 Å². The van der Waals surface area contributed by atoms with Crippen LogP contribution < -0.4 is 0 Å². The van der Waals surface area contributed by atoms with Crippen LogP contribution in [0.25, 0.3) is 0 Å². The van der Waals surface area contributed by atoms with E-state index < -0.39 is 0 Å². The summed E-state index contributed by atoms with van der Waals surface area (Å²) in [6.45, 7) is 10.4. The third-order valence-corrected chi connectivity index (χ3v) is 2.90. The van der Waals surface area contributed by atoms with Gasteiger partial charge in [-0.1, -0.05) is 20.1 Å². The van der Waals surface area contributed by atoms with E-state index in [0.717, 1.165) is 16.7 Å². The molecule has 1 unspecified atom stereocenters. The number of amides is 1. The first kappa shape index (κ1) is 18.0. The van der Waals surface area contributed by atoms with Gasteiger partial charge in [-0.15, -0.1) is 0 Å². The molecule has 1 amide bonds. The van der Waals surface area contributed by atoms with Gasteiger partial charge in [-0.25, -0.2) is 4.79 Å². The molecule has 98 valence electrons. The van der Waals surface area contributed by atoms with Gasteiger partial charge in [-0.3, -0.25) is 4.79 Å². The predicted molar refractivity (Wildman–Crippen MR) is 73.8 cm³/mol. The number of rotatable bonds is 4. The molecule has 0 aliphatic rings. The molecule has 0 bridgehead atoms. The summed E-state index contributed by atoms with van der Waals surface area (Å²) in [6, 6.07) is 0. The van der Waals surface area contributed by atoms with Gasteiger partial charge in [0.1, 0.15) is 0 Å². The van der Waals surface area contributed by atoms with Crippen molar-refractivity contribution in [1.29, 1.82) is 0 Å². The topological polar surface area (TPSA) is 46.6 Å². The lowest BCUT2D eigenvalue weighted by Gasteiger charge is -2.09. The standard InChI is InChI=1S/C7H14O2Si.C5H9NO/c1-4-6(10)9-7(8)5(2)3;1-4-5(7)6(2)3/h6H,2,4H2,1,3,10H3;4H,1H2,2-3H3. The largest absolute Gasteiger partial charge is 0.464 e. The molecule has 5 heteroatoms. The van der Waals surface area contributed by atoms with Crippen LogP contribution in [0, 0.1) is 0 Å². The van der Waals surface area contributed by atoms with Gasteiger partial charge in [0, 0.05) is 19.7 Å². The third kappa shape index (κ3) is 10.9. The first-order valence-corrected chi connectivity index (χ1v) is 6.61. The average Bonchev–Trinajstić information content (AvgIpc) is 2.28. The van der Waals surface area contributed by atoms with Gasteiger partial charge >= 0.3 is 5.97 Å². The number of carbonyl (C=O) groups excluding carboxylic acids is 2. The number of hydrogen-bond acceptors (Lipinski definition) is 3. The van der Waals surface area contributed by atoms with Crippen molar-refractivity contribution in [3.8, 4) is 0 Å². The molecular weight excluding hydrogens is 234 g/mol. The van der Waals surface area contributed by atoms with Gasteiger partial charge in [0.2, 0.25) is 5.91 Å². The fourth-order valence-corrected chi connectivity index (χ4v) is 0.763. The van der Waals surface area contributed by atoms with Crippen molar-refractivity contribution in [3.05, 3.63) is 24.8 Å². The van der Waals surface area contributed by atoms with Crippen LogP contribution in [0.2, 0.25) is 0 Å². The summed E-state index contributed by atoms with van der Waals surface area (Å²) in [7, 11) is 4.27. The zero-order valence-electron chi connectivity index (χ0n) is 11.4. The van der Waals surface area contributed by atoms with Gasteiger partial charge in [-0.2, -0.15) is 0 Å². The van der Waals surface area contributed by atoms with Crippen LogP contribution in [0.5, 0.6) is 0 Å². The normalized spacial score (nSPS) is 10.6. The van der Waals surface area contributed by atoms with Crippen molar-refractivity contribution >= 4 is 22.1 Å². The summed E-state index contributed by atoms with van der Waals surface area (Å²) < 4.78 is 4.98. The van der Waals surface area contributed by atoms with Crippen LogP contribution in [-0.2, 0) is 14.3 Å². The minimum atomic E-state index is -0.262. The molecule has 0 fully saturated rings. The second kappa shape index (κ2) is 9.83.